The van der Waals surface area contributed by atoms with Crippen molar-refractivity contribution in [1.82, 2.24) is 0 Å². The van der Waals surface area contributed by atoms with Crippen molar-refractivity contribution in [3.63, 3.8) is 0 Å². The summed E-state index contributed by atoms with van der Waals surface area (Å²) in [7, 11) is 0. The van der Waals surface area contributed by atoms with E-state index in [1.54, 1.807) is 31.2 Å². The van der Waals surface area contributed by atoms with Gasteiger partial charge in [-0.3, -0.25) is 4.79 Å². The number of nitrogens with one attached hydrogen (secondary N) is 1. The zero-order valence-corrected chi connectivity index (χ0v) is 13.0. The third-order valence-electron chi connectivity index (χ3n) is 3.66. The van der Waals surface area contributed by atoms with Crippen LogP contribution in [0.2, 0.25) is 0 Å². The van der Waals surface area contributed by atoms with Gasteiger partial charge in [-0.2, -0.15) is 0 Å². The molecule has 2 aromatic carbocycles. The molecule has 0 fully saturated rings. The Bertz CT molecular complexity index is 790. The van der Waals surface area contributed by atoms with E-state index in [2.05, 4.69) is 5.32 Å². The first kappa shape index (κ1) is 16.0. The van der Waals surface area contributed by atoms with E-state index in [1.807, 2.05) is 0 Å². The predicted molar refractivity (Wildman–Crippen MR) is 85.4 cm³/mol. The molecule has 124 valence electrons. The summed E-state index contributed by atoms with van der Waals surface area (Å²) in [5, 5.41) is 2.61. The van der Waals surface area contributed by atoms with Crippen LogP contribution in [0.1, 0.15) is 35.4 Å². The van der Waals surface area contributed by atoms with Crippen LogP contribution >= 0.6 is 0 Å². The van der Waals surface area contributed by atoms with E-state index in [1.165, 1.54) is 18.2 Å². The third kappa shape index (κ3) is 3.22. The fourth-order valence-corrected chi connectivity index (χ4v) is 2.62. The van der Waals surface area contributed by atoms with Crippen molar-refractivity contribution in [1.29, 1.82) is 0 Å². The highest BCUT2D eigenvalue weighted by molar-refractivity contribution is 5.96. The Kier molecular flexibility index (Phi) is 4.46. The number of anilines is 1. The van der Waals surface area contributed by atoms with Crippen molar-refractivity contribution in [2.24, 2.45) is 0 Å². The molecule has 6 heteroatoms. The number of amides is 1. The van der Waals surface area contributed by atoms with Crippen molar-refractivity contribution in [3.05, 3.63) is 59.4 Å². The second-order valence-corrected chi connectivity index (χ2v) is 5.31. The van der Waals surface area contributed by atoms with Crippen LogP contribution in [0.5, 0.6) is 5.75 Å². The highest BCUT2D eigenvalue weighted by atomic mass is 19.1. The average molecular weight is 329 g/mol. The number of esters is 1. The first-order chi connectivity index (χ1) is 11.6. The van der Waals surface area contributed by atoms with Crippen molar-refractivity contribution in [2.45, 2.75) is 19.4 Å². The van der Waals surface area contributed by atoms with E-state index in [9.17, 15) is 14.0 Å². The molecule has 0 unspecified atom stereocenters. The molecule has 0 bridgehead atoms. The number of carbonyl (C=O) groups excluding carboxylic acids is 2. The van der Waals surface area contributed by atoms with E-state index < -0.39 is 23.8 Å². The van der Waals surface area contributed by atoms with Gasteiger partial charge in [0.2, 0.25) is 5.91 Å². The SMILES string of the molecule is CCOc1ccc(F)cc1NC(=O)C[C@@H]1OC(=O)c2ccccc21. The topological polar surface area (TPSA) is 64.6 Å². The molecular weight excluding hydrogens is 313 g/mol. The summed E-state index contributed by atoms with van der Waals surface area (Å²) in [6.45, 7) is 2.19. The van der Waals surface area contributed by atoms with Crippen molar-refractivity contribution in [3.8, 4) is 5.75 Å². The summed E-state index contributed by atoms with van der Waals surface area (Å²) >= 11 is 0. The summed E-state index contributed by atoms with van der Waals surface area (Å²) in [6.07, 6.45) is -0.692. The van der Waals surface area contributed by atoms with Crippen LogP contribution < -0.4 is 10.1 Å². The van der Waals surface area contributed by atoms with Gasteiger partial charge in [0.25, 0.3) is 0 Å². The summed E-state index contributed by atoms with van der Waals surface area (Å²) in [4.78, 5) is 24.0. The zero-order chi connectivity index (χ0) is 17.1. The molecule has 0 aromatic heterocycles. The number of cyclic esters (lactones) is 1. The Balaban J connectivity index is 1.73. The average Bonchev–Trinajstić information content (AvgIpc) is 2.87. The molecule has 5 nitrogen and oxygen atoms in total. The molecule has 24 heavy (non-hydrogen) atoms. The lowest BCUT2D eigenvalue weighted by Gasteiger charge is -2.14. The molecule has 0 saturated heterocycles. The quantitative estimate of drug-likeness (QED) is 0.853. The molecule has 2 aromatic rings. The second kappa shape index (κ2) is 6.70. The second-order valence-electron chi connectivity index (χ2n) is 5.31. The largest absolute Gasteiger partial charge is 0.492 e. The molecule has 1 heterocycles. The number of hydrogen-bond donors (Lipinski definition) is 1. The van der Waals surface area contributed by atoms with Gasteiger partial charge in [0, 0.05) is 11.6 Å². The smallest absolute Gasteiger partial charge is 0.339 e. The van der Waals surface area contributed by atoms with Crippen molar-refractivity contribution < 1.29 is 23.5 Å². The predicted octanol–water partition coefficient (Wildman–Crippen LogP) is 3.46. The molecule has 0 aliphatic carbocycles. The van der Waals surface area contributed by atoms with Crippen LogP contribution in [-0.4, -0.2) is 18.5 Å². The first-order valence-electron chi connectivity index (χ1n) is 7.60. The summed E-state index contributed by atoms with van der Waals surface area (Å²) in [5.41, 5.74) is 1.40. The van der Waals surface area contributed by atoms with Crippen LogP contribution in [0.4, 0.5) is 10.1 Å². The van der Waals surface area contributed by atoms with Gasteiger partial charge in [-0.15, -0.1) is 0 Å². The highest BCUT2D eigenvalue weighted by Gasteiger charge is 2.32. The normalized spacial score (nSPS) is 15.6. The molecule has 0 saturated carbocycles. The zero-order valence-electron chi connectivity index (χ0n) is 13.0. The van der Waals surface area contributed by atoms with Crippen LogP contribution in [0.25, 0.3) is 0 Å². The summed E-state index contributed by atoms with van der Waals surface area (Å²) in [5.74, 6) is -0.928. The number of benzene rings is 2. The number of carbonyl (C=O) groups is 2. The Morgan fingerprint density at radius 3 is 2.88 bits per heavy atom. The van der Waals surface area contributed by atoms with Crippen molar-refractivity contribution in [2.75, 3.05) is 11.9 Å². The van der Waals surface area contributed by atoms with Gasteiger partial charge in [-0.1, -0.05) is 18.2 Å². The van der Waals surface area contributed by atoms with E-state index in [0.29, 0.717) is 23.5 Å². The maximum atomic E-state index is 13.4. The van der Waals surface area contributed by atoms with Gasteiger partial charge in [-0.25, -0.2) is 9.18 Å². The number of halogens is 1. The van der Waals surface area contributed by atoms with Crippen LogP contribution in [0.3, 0.4) is 0 Å². The Hall–Kier alpha value is -2.89. The molecule has 3 rings (SSSR count). The highest BCUT2D eigenvalue weighted by Crippen LogP contribution is 2.33. The maximum Gasteiger partial charge on any atom is 0.339 e. The lowest BCUT2D eigenvalue weighted by atomic mass is 10.0. The molecule has 0 radical (unpaired) electrons. The number of hydrogen-bond acceptors (Lipinski definition) is 4. The Labute approximate surface area is 138 Å². The Morgan fingerprint density at radius 2 is 2.08 bits per heavy atom. The molecule has 1 amide bonds. The summed E-state index contributed by atoms with van der Waals surface area (Å²) in [6, 6.07) is 10.9. The van der Waals surface area contributed by atoms with Crippen LogP contribution in [0, 0.1) is 5.82 Å². The van der Waals surface area contributed by atoms with Gasteiger partial charge in [0.1, 0.15) is 17.7 Å². The van der Waals surface area contributed by atoms with Gasteiger partial charge >= 0.3 is 5.97 Å². The fourth-order valence-electron chi connectivity index (χ4n) is 2.62. The first-order valence-corrected chi connectivity index (χ1v) is 7.60. The lowest BCUT2D eigenvalue weighted by molar-refractivity contribution is -0.118. The molecule has 1 aliphatic heterocycles. The monoisotopic (exact) mass is 329 g/mol. The van der Waals surface area contributed by atoms with Gasteiger partial charge in [0.05, 0.1) is 24.3 Å². The van der Waals surface area contributed by atoms with Gasteiger partial charge in [-0.05, 0) is 25.1 Å². The van der Waals surface area contributed by atoms with Crippen molar-refractivity contribution >= 4 is 17.6 Å². The molecule has 0 spiro atoms. The van der Waals surface area contributed by atoms with Crippen LogP contribution in [0.15, 0.2) is 42.5 Å². The minimum Gasteiger partial charge on any atom is -0.492 e. The molecule has 1 aliphatic rings. The molecule has 1 atom stereocenters. The molecular formula is C18H16FNO4. The number of ether oxygens (including phenoxy) is 2. The fraction of sp³-hybridized carbons (Fsp3) is 0.222. The number of rotatable bonds is 5. The van der Waals surface area contributed by atoms with E-state index >= 15 is 0 Å². The minimum absolute atomic E-state index is 0.0508. The maximum absolute atomic E-state index is 13.4. The number of fused-ring (bicyclic) bond motifs is 1. The standard InChI is InChI=1S/C18H16FNO4/c1-2-23-15-8-7-11(19)9-14(15)20-17(21)10-16-12-5-3-4-6-13(12)18(22)24-16/h3-9,16H,2,10H2,1H3,(H,20,21)/t16-/m0/s1. The van der Waals surface area contributed by atoms with Gasteiger partial charge < -0.3 is 14.8 Å². The Morgan fingerprint density at radius 1 is 1.29 bits per heavy atom. The van der Waals surface area contributed by atoms with Gasteiger partial charge in [0.15, 0.2) is 0 Å². The molecule has 1 N–H and O–H groups in total. The van der Waals surface area contributed by atoms with E-state index in [4.69, 9.17) is 9.47 Å². The van der Waals surface area contributed by atoms with Crippen LogP contribution in [-0.2, 0) is 9.53 Å². The van der Waals surface area contributed by atoms with E-state index in [-0.39, 0.29) is 12.1 Å². The third-order valence-corrected chi connectivity index (χ3v) is 3.66. The van der Waals surface area contributed by atoms with E-state index in [0.717, 1.165) is 0 Å². The summed E-state index contributed by atoms with van der Waals surface area (Å²) < 4.78 is 24.0. The lowest BCUT2D eigenvalue weighted by Crippen LogP contribution is -2.16. The minimum atomic E-state index is -0.641.